The van der Waals surface area contributed by atoms with E-state index in [2.05, 4.69) is 69.0 Å². The smallest absolute Gasteiger partial charge is 0.149 e. The Morgan fingerprint density at radius 1 is 0.724 bits per heavy atom. The minimum Gasteiger partial charge on any atom is -0.507 e. The molecule has 0 atom stereocenters. The maximum absolute atomic E-state index is 10.6. The normalized spacial score (nSPS) is 11.8. The van der Waals surface area contributed by atoms with E-state index in [1.165, 1.54) is 16.3 Å². The van der Waals surface area contributed by atoms with Crippen molar-refractivity contribution in [3.63, 3.8) is 0 Å². The highest BCUT2D eigenvalue weighted by Crippen LogP contribution is 2.49. The van der Waals surface area contributed by atoms with E-state index in [1.54, 1.807) is 6.07 Å². The Morgan fingerprint density at radius 2 is 1.41 bits per heavy atom. The largest absolute Gasteiger partial charge is 0.507 e. The molecule has 1 aliphatic rings. The summed E-state index contributed by atoms with van der Waals surface area (Å²) < 4.78 is 3.18. The summed E-state index contributed by atoms with van der Waals surface area (Å²) in [5.41, 5.74) is 6.06. The zero-order chi connectivity index (χ0) is 19.5. The van der Waals surface area contributed by atoms with Crippen molar-refractivity contribution in [3.8, 4) is 45.3 Å². The topological polar surface area (TPSA) is 38.1 Å². The van der Waals surface area contributed by atoms with Gasteiger partial charge >= 0.3 is 0 Å². The molecule has 5 aromatic rings. The van der Waals surface area contributed by atoms with Crippen molar-refractivity contribution in [2.45, 2.75) is 0 Å². The molecule has 29 heavy (non-hydrogen) atoms. The molecule has 1 N–H and O–H groups in total. The van der Waals surface area contributed by atoms with Crippen LogP contribution in [0.4, 0.5) is 0 Å². The van der Waals surface area contributed by atoms with Crippen LogP contribution in [-0.4, -0.2) is 14.7 Å². The Hall–Kier alpha value is -3.37. The highest BCUT2D eigenvalue weighted by Gasteiger charge is 2.30. The number of fused-ring (bicyclic) bond motifs is 3. The maximum atomic E-state index is 10.6. The van der Waals surface area contributed by atoms with Gasteiger partial charge in [0.05, 0.1) is 17.0 Å². The quantitative estimate of drug-likeness (QED) is 0.322. The summed E-state index contributed by atoms with van der Waals surface area (Å²) in [7, 11) is 0. The average Bonchev–Trinajstić information content (AvgIpc) is 3.27. The summed E-state index contributed by atoms with van der Waals surface area (Å²) in [6, 6.07) is 28.3. The predicted octanol–water partition coefficient (Wildman–Crippen LogP) is 6.81. The van der Waals surface area contributed by atoms with Gasteiger partial charge in [0.25, 0.3) is 0 Å². The fourth-order valence-electron chi connectivity index (χ4n) is 4.28. The number of rotatable bonds is 2. The van der Waals surface area contributed by atoms with Crippen LogP contribution in [0.25, 0.3) is 50.4 Å². The molecule has 0 amide bonds. The Morgan fingerprint density at radius 3 is 2.17 bits per heavy atom. The molecule has 1 heterocycles. The van der Waals surface area contributed by atoms with Crippen molar-refractivity contribution in [1.82, 2.24) is 9.55 Å². The third-order valence-corrected chi connectivity index (χ3v) is 6.05. The van der Waals surface area contributed by atoms with Gasteiger partial charge in [-0.05, 0) is 41.8 Å². The van der Waals surface area contributed by atoms with Crippen LogP contribution in [-0.2, 0) is 0 Å². The lowest BCUT2D eigenvalue weighted by Crippen LogP contribution is -2.00. The molecule has 3 nitrogen and oxygen atoms in total. The molecule has 1 aliphatic carbocycles. The molecule has 0 unspecified atom stereocenters. The van der Waals surface area contributed by atoms with E-state index in [0.29, 0.717) is 0 Å². The van der Waals surface area contributed by atoms with Gasteiger partial charge in [-0.3, -0.25) is 4.57 Å². The SMILES string of the molecule is Oc1ccccc1-c1nc2c(n1-c1ccc(Br)cc1)-c1cccc3cccc-2c13. The molecule has 4 heteroatoms. The van der Waals surface area contributed by atoms with Gasteiger partial charge in [-0.25, -0.2) is 4.98 Å². The number of imidazole rings is 1. The highest BCUT2D eigenvalue weighted by atomic mass is 79.9. The zero-order valence-electron chi connectivity index (χ0n) is 15.3. The molecular formula is C25H15BrN2O. The second-order valence-corrected chi connectivity index (χ2v) is 8.09. The van der Waals surface area contributed by atoms with Gasteiger partial charge in [0, 0.05) is 26.7 Å². The van der Waals surface area contributed by atoms with Crippen molar-refractivity contribution < 1.29 is 5.11 Å². The van der Waals surface area contributed by atoms with E-state index in [0.717, 1.165) is 38.5 Å². The highest BCUT2D eigenvalue weighted by molar-refractivity contribution is 9.10. The van der Waals surface area contributed by atoms with Crippen LogP contribution in [0.5, 0.6) is 5.75 Å². The van der Waals surface area contributed by atoms with Gasteiger partial charge in [-0.1, -0.05) is 64.5 Å². The Balaban J connectivity index is 1.75. The number of hydrogen-bond acceptors (Lipinski definition) is 2. The van der Waals surface area contributed by atoms with Gasteiger partial charge in [0.1, 0.15) is 11.6 Å². The summed E-state index contributed by atoms with van der Waals surface area (Å²) in [5, 5.41) is 13.0. The summed E-state index contributed by atoms with van der Waals surface area (Å²) >= 11 is 3.53. The number of para-hydroxylation sites is 1. The predicted molar refractivity (Wildman–Crippen MR) is 120 cm³/mol. The standard InChI is InChI=1S/C25H15BrN2O/c26-16-11-13-17(14-12-16)28-24-20-9-4-6-15-5-3-8-19(22(15)20)23(24)27-25(28)18-7-1-2-10-21(18)29/h1-14,29H. The third kappa shape index (κ3) is 2.33. The summed E-state index contributed by atoms with van der Waals surface area (Å²) in [6.07, 6.45) is 0. The molecule has 0 spiro atoms. The molecule has 138 valence electrons. The van der Waals surface area contributed by atoms with Crippen molar-refractivity contribution in [2.24, 2.45) is 0 Å². The Bertz CT molecular complexity index is 1410. The van der Waals surface area contributed by atoms with E-state index in [9.17, 15) is 5.11 Å². The first-order valence-electron chi connectivity index (χ1n) is 9.42. The summed E-state index contributed by atoms with van der Waals surface area (Å²) in [5.74, 6) is 0.961. The molecule has 0 fully saturated rings. The van der Waals surface area contributed by atoms with Crippen LogP contribution in [0.1, 0.15) is 0 Å². The zero-order valence-corrected chi connectivity index (χ0v) is 16.9. The van der Waals surface area contributed by atoms with E-state index in [1.807, 2.05) is 30.3 Å². The van der Waals surface area contributed by atoms with Gasteiger partial charge in [-0.15, -0.1) is 0 Å². The number of aromatic hydroxyl groups is 1. The number of phenols is 1. The summed E-state index contributed by atoms with van der Waals surface area (Å²) in [4.78, 5) is 5.05. The van der Waals surface area contributed by atoms with Gasteiger partial charge in [-0.2, -0.15) is 0 Å². The van der Waals surface area contributed by atoms with Gasteiger partial charge in [0.15, 0.2) is 0 Å². The first-order chi connectivity index (χ1) is 14.2. The van der Waals surface area contributed by atoms with E-state index < -0.39 is 0 Å². The second-order valence-electron chi connectivity index (χ2n) is 7.17. The molecule has 1 aromatic heterocycles. The molecule has 0 bridgehead atoms. The van der Waals surface area contributed by atoms with Crippen molar-refractivity contribution in [2.75, 3.05) is 0 Å². The van der Waals surface area contributed by atoms with Crippen LogP contribution >= 0.6 is 15.9 Å². The van der Waals surface area contributed by atoms with Crippen LogP contribution < -0.4 is 0 Å². The second kappa shape index (κ2) is 6.06. The number of aromatic nitrogens is 2. The van der Waals surface area contributed by atoms with E-state index >= 15 is 0 Å². The minimum absolute atomic E-state index is 0.223. The van der Waals surface area contributed by atoms with Crippen molar-refractivity contribution >= 4 is 26.7 Å². The number of phenolic OH excluding ortho intramolecular Hbond substituents is 1. The maximum Gasteiger partial charge on any atom is 0.149 e. The number of halogens is 1. The number of benzene rings is 4. The Labute approximate surface area is 176 Å². The molecule has 4 aromatic carbocycles. The fourth-order valence-corrected chi connectivity index (χ4v) is 4.54. The molecule has 0 aliphatic heterocycles. The van der Waals surface area contributed by atoms with Gasteiger partial charge < -0.3 is 5.11 Å². The van der Waals surface area contributed by atoms with Gasteiger partial charge in [0.2, 0.25) is 0 Å². The fraction of sp³-hybridized carbons (Fsp3) is 0. The van der Waals surface area contributed by atoms with Crippen molar-refractivity contribution in [1.29, 1.82) is 0 Å². The summed E-state index contributed by atoms with van der Waals surface area (Å²) in [6.45, 7) is 0. The number of nitrogens with zero attached hydrogens (tertiary/aromatic N) is 2. The Kier molecular flexibility index (Phi) is 3.46. The third-order valence-electron chi connectivity index (χ3n) is 5.52. The van der Waals surface area contributed by atoms with Crippen molar-refractivity contribution in [3.05, 3.63) is 89.4 Å². The molecule has 6 rings (SSSR count). The first-order valence-corrected chi connectivity index (χ1v) is 10.2. The first kappa shape index (κ1) is 16.6. The monoisotopic (exact) mass is 438 g/mol. The molecule has 0 radical (unpaired) electrons. The van der Waals surface area contributed by atoms with Crippen LogP contribution in [0, 0.1) is 0 Å². The van der Waals surface area contributed by atoms with Crippen LogP contribution in [0.15, 0.2) is 89.4 Å². The molecule has 0 saturated heterocycles. The number of hydrogen-bond donors (Lipinski definition) is 1. The van der Waals surface area contributed by atoms with E-state index in [4.69, 9.17) is 4.98 Å². The molecule has 0 saturated carbocycles. The lowest BCUT2D eigenvalue weighted by atomic mass is 10.0. The van der Waals surface area contributed by atoms with Crippen LogP contribution in [0.2, 0.25) is 0 Å². The average molecular weight is 439 g/mol. The lowest BCUT2D eigenvalue weighted by Gasteiger charge is -2.13. The van der Waals surface area contributed by atoms with E-state index in [-0.39, 0.29) is 5.75 Å². The van der Waals surface area contributed by atoms with Crippen LogP contribution in [0.3, 0.4) is 0 Å². The molecular weight excluding hydrogens is 424 g/mol. The minimum atomic E-state index is 0.223. The lowest BCUT2D eigenvalue weighted by molar-refractivity contribution is 0.477.